The van der Waals surface area contributed by atoms with Crippen LogP contribution in [0.25, 0.3) is 11.3 Å². The molecule has 1 saturated heterocycles. The highest BCUT2D eigenvalue weighted by molar-refractivity contribution is 7.09. The molecule has 0 radical (unpaired) electrons. The number of carbonyl (C=O) groups is 1. The van der Waals surface area contributed by atoms with Crippen LogP contribution in [0, 0.1) is 5.82 Å². The Morgan fingerprint density at radius 2 is 1.70 bits per heavy atom. The third-order valence-electron chi connectivity index (χ3n) is 6.49. The van der Waals surface area contributed by atoms with Crippen molar-refractivity contribution in [3.63, 3.8) is 0 Å². The second kappa shape index (κ2) is 11.7. The van der Waals surface area contributed by atoms with E-state index in [9.17, 15) is 14.0 Å². The van der Waals surface area contributed by atoms with Crippen molar-refractivity contribution in [2.24, 2.45) is 0 Å². The van der Waals surface area contributed by atoms with E-state index in [0.717, 1.165) is 29.1 Å². The maximum absolute atomic E-state index is 13.9. The number of hydrogen-bond donors (Lipinski definition) is 1. The fourth-order valence-corrected chi connectivity index (χ4v) is 5.25. The first-order chi connectivity index (χ1) is 18.1. The van der Waals surface area contributed by atoms with Gasteiger partial charge < -0.3 is 10.1 Å². The van der Waals surface area contributed by atoms with E-state index in [4.69, 9.17) is 4.74 Å². The van der Waals surface area contributed by atoms with Gasteiger partial charge in [0.15, 0.2) is 0 Å². The number of benzene rings is 2. The summed E-state index contributed by atoms with van der Waals surface area (Å²) >= 11 is 1.58. The number of ether oxygens (including phenoxy) is 1. The highest BCUT2D eigenvalue weighted by atomic mass is 32.1. The van der Waals surface area contributed by atoms with Crippen molar-refractivity contribution in [1.29, 1.82) is 0 Å². The lowest BCUT2D eigenvalue weighted by Gasteiger charge is -2.26. The van der Waals surface area contributed by atoms with Crippen LogP contribution in [0.15, 0.2) is 76.9 Å². The van der Waals surface area contributed by atoms with Crippen molar-refractivity contribution in [1.82, 2.24) is 19.4 Å². The van der Waals surface area contributed by atoms with Gasteiger partial charge in [-0.05, 0) is 29.1 Å². The molecule has 1 aliphatic heterocycles. The van der Waals surface area contributed by atoms with Gasteiger partial charge in [0.05, 0.1) is 25.5 Å². The number of halogens is 1. The van der Waals surface area contributed by atoms with Gasteiger partial charge in [-0.25, -0.2) is 9.18 Å². The highest BCUT2D eigenvalue weighted by Gasteiger charge is 2.27. The number of imidazole rings is 1. The molecule has 0 atom stereocenters. The lowest BCUT2D eigenvalue weighted by atomic mass is 10.1. The summed E-state index contributed by atoms with van der Waals surface area (Å²) in [5.74, 6) is -0.670. The minimum Gasteiger partial charge on any atom is -0.379 e. The molecule has 1 amide bonds. The van der Waals surface area contributed by atoms with Gasteiger partial charge in [0.2, 0.25) is 0 Å². The molecule has 3 heterocycles. The van der Waals surface area contributed by atoms with Gasteiger partial charge in [0, 0.05) is 43.2 Å². The third kappa shape index (κ3) is 5.90. The van der Waals surface area contributed by atoms with Gasteiger partial charge in [-0.15, -0.1) is 11.3 Å². The number of aromatic nitrogens is 2. The maximum Gasteiger partial charge on any atom is 0.329 e. The first-order valence-corrected chi connectivity index (χ1v) is 13.2. The van der Waals surface area contributed by atoms with E-state index in [1.165, 1.54) is 12.1 Å². The second-order valence-electron chi connectivity index (χ2n) is 8.93. The fourth-order valence-electron chi connectivity index (χ4n) is 4.56. The first-order valence-electron chi connectivity index (χ1n) is 12.3. The minimum atomic E-state index is -0.341. The Balaban J connectivity index is 1.54. The number of thiophene rings is 1. The molecule has 9 heteroatoms. The molecule has 0 bridgehead atoms. The average Bonchev–Trinajstić information content (AvgIpc) is 3.54. The quantitative estimate of drug-likeness (QED) is 0.364. The van der Waals surface area contributed by atoms with Gasteiger partial charge in [0.1, 0.15) is 11.5 Å². The zero-order chi connectivity index (χ0) is 25.6. The first kappa shape index (κ1) is 25.1. The summed E-state index contributed by atoms with van der Waals surface area (Å²) in [5, 5.41) is 4.94. The van der Waals surface area contributed by atoms with Crippen LogP contribution in [0.2, 0.25) is 0 Å². The summed E-state index contributed by atoms with van der Waals surface area (Å²) < 4.78 is 22.1. The van der Waals surface area contributed by atoms with Crippen LogP contribution >= 0.6 is 11.3 Å². The summed E-state index contributed by atoms with van der Waals surface area (Å²) in [6.07, 6.45) is 0. The molecule has 5 rings (SSSR count). The van der Waals surface area contributed by atoms with Crippen LogP contribution < -0.4 is 11.0 Å². The Hall–Kier alpha value is -3.53. The number of carbonyl (C=O) groups excluding carboxylic acids is 1. The largest absolute Gasteiger partial charge is 0.379 e. The summed E-state index contributed by atoms with van der Waals surface area (Å²) in [4.78, 5) is 30.9. The normalized spacial score (nSPS) is 14.1. The molecular formula is C28H29FN4O3S. The van der Waals surface area contributed by atoms with E-state index in [1.807, 2.05) is 47.8 Å². The molecule has 1 aliphatic rings. The Bertz CT molecular complexity index is 1380. The molecule has 1 fully saturated rings. The predicted octanol–water partition coefficient (Wildman–Crippen LogP) is 3.83. The van der Waals surface area contributed by atoms with Crippen LogP contribution in [-0.2, 0) is 24.4 Å². The fraction of sp³-hybridized carbons (Fsp3) is 0.286. The molecule has 2 aromatic heterocycles. The molecule has 0 unspecified atom stereocenters. The van der Waals surface area contributed by atoms with Gasteiger partial charge in [-0.1, -0.05) is 48.5 Å². The topological polar surface area (TPSA) is 68.5 Å². The zero-order valence-electron chi connectivity index (χ0n) is 20.4. The monoisotopic (exact) mass is 520 g/mol. The average molecular weight is 521 g/mol. The summed E-state index contributed by atoms with van der Waals surface area (Å²) in [5.41, 5.74) is 2.29. The molecule has 0 spiro atoms. The van der Waals surface area contributed by atoms with Gasteiger partial charge in [0.25, 0.3) is 5.91 Å². The minimum absolute atomic E-state index is 0.215. The van der Waals surface area contributed by atoms with Crippen molar-refractivity contribution in [2.45, 2.75) is 19.6 Å². The third-order valence-corrected chi connectivity index (χ3v) is 7.35. The van der Waals surface area contributed by atoms with Crippen molar-refractivity contribution >= 4 is 17.2 Å². The summed E-state index contributed by atoms with van der Waals surface area (Å²) in [6, 6.07) is 19.5. The lowest BCUT2D eigenvalue weighted by molar-refractivity contribution is 0.0361. The Kier molecular flexibility index (Phi) is 7.93. The Labute approximate surface area is 218 Å². The number of morpholine rings is 1. The molecule has 37 heavy (non-hydrogen) atoms. The number of nitrogens with one attached hydrogen (secondary N) is 1. The number of rotatable bonds is 9. The predicted molar refractivity (Wildman–Crippen MR) is 142 cm³/mol. The molecule has 1 N–H and O–H groups in total. The van der Waals surface area contributed by atoms with Crippen molar-refractivity contribution in [3.8, 4) is 11.3 Å². The van der Waals surface area contributed by atoms with E-state index in [-0.39, 0.29) is 24.0 Å². The van der Waals surface area contributed by atoms with Crippen molar-refractivity contribution < 1.29 is 13.9 Å². The lowest BCUT2D eigenvalue weighted by Crippen LogP contribution is -2.40. The maximum atomic E-state index is 13.9. The van der Waals surface area contributed by atoms with E-state index >= 15 is 0 Å². The molecule has 7 nitrogen and oxygen atoms in total. The highest BCUT2D eigenvalue weighted by Crippen LogP contribution is 2.25. The van der Waals surface area contributed by atoms with Crippen LogP contribution in [0.5, 0.6) is 0 Å². The van der Waals surface area contributed by atoms with Gasteiger partial charge in [-0.2, -0.15) is 0 Å². The molecule has 192 valence electrons. The summed E-state index contributed by atoms with van der Waals surface area (Å²) in [6.45, 7) is 4.53. The van der Waals surface area contributed by atoms with E-state index in [2.05, 4.69) is 10.2 Å². The van der Waals surface area contributed by atoms with E-state index in [1.54, 1.807) is 32.6 Å². The molecule has 4 aromatic rings. The van der Waals surface area contributed by atoms with Crippen LogP contribution in [0.3, 0.4) is 0 Å². The van der Waals surface area contributed by atoms with E-state index in [0.29, 0.717) is 44.2 Å². The van der Waals surface area contributed by atoms with Crippen molar-refractivity contribution in [3.05, 3.63) is 105 Å². The van der Waals surface area contributed by atoms with E-state index < -0.39 is 0 Å². The molecule has 0 aliphatic carbocycles. The van der Waals surface area contributed by atoms with Crippen LogP contribution in [0.4, 0.5) is 4.39 Å². The van der Waals surface area contributed by atoms with Gasteiger partial charge in [-0.3, -0.25) is 18.8 Å². The number of amides is 1. The standard InChI is InChI=1S/C28H29FN4O3S/c29-23-10-8-21(9-11-23)19-30-27(34)26-25(22-5-2-1-3-6-22)33(20-24-7-4-18-37-24)28(35)32(26)13-12-31-14-16-36-17-15-31/h1-11,18H,12-17,19-20H2,(H,30,34). The smallest absolute Gasteiger partial charge is 0.329 e. The SMILES string of the molecule is O=C(NCc1ccc(F)cc1)c1c(-c2ccccc2)n(Cc2cccs2)c(=O)n1CCN1CCOCC1. The van der Waals surface area contributed by atoms with Gasteiger partial charge >= 0.3 is 5.69 Å². The molecular weight excluding hydrogens is 491 g/mol. The molecule has 0 saturated carbocycles. The second-order valence-corrected chi connectivity index (χ2v) is 9.96. The Morgan fingerprint density at radius 1 is 0.946 bits per heavy atom. The number of hydrogen-bond acceptors (Lipinski definition) is 5. The summed E-state index contributed by atoms with van der Waals surface area (Å²) in [7, 11) is 0. The van der Waals surface area contributed by atoms with Crippen LogP contribution in [0.1, 0.15) is 20.9 Å². The zero-order valence-corrected chi connectivity index (χ0v) is 21.3. The van der Waals surface area contributed by atoms with Crippen LogP contribution in [-0.4, -0.2) is 52.8 Å². The molecule has 2 aromatic carbocycles. The Morgan fingerprint density at radius 3 is 2.41 bits per heavy atom. The number of nitrogens with zero attached hydrogens (tertiary/aromatic N) is 3. The van der Waals surface area contributed by atoms with Crippen molar-refractivity contribution in [2.75, 3.05) is 32.8 Å².